The van der Waals surface area contributed by atoms with E-state index in [2.05, 4.69) is 22.7 Å². The fourth-order valence-electron chi connectivity index (χ4n) is 2.00. The zero-order valence-corrected chi connectivity index (χ0v) is 14.8. The molecule has 7 heteroatoms. The lowest BCUT2D eigenvalue weighted by Gasteiger charge is -2.11. The van der Waals surface area contributed by atoms with Gasteiger partial charge in [-0.25, -0.2) is 0 Å². The van der Waals surface area contributed by atoms with Gasteiger partial charge >= 0.3 is 0 Å². The summed E-state index contributed by atoms with van der Waals surface area (Å²) in [5.41, 5.74) is 1.94. The van der Waals surface area contributed by atoms with E-state index in [9.17, 15) is 9.59 Å². The van der Waals surface area contributed by atoms with Gasteiger partial charge in [-0.1, -0.05) is 24.2 Å². The van der Waals surface area contributed by atoms with Gasteiger partial charge in [-0.3, -0.25) is 9.59 Å². The van der Waals surface area contributed by atoms with Crippen molar-refractivity contribution in [1.29, 1.82) is 0 Å². The van der Waals surface area contributed by atoms with Crippen molar-refractivity contribution in [3.8, 4) is 0 Å². The van der Waals surface area contributed by atoms with Gasteiger partial charge in [-0.2, -0.15) is 0 Å². The second kappa shape index (κ2) is 8.54. The van der Waals surface area contributed by atoms with Crippen LogP contribution in [0.1, 0.15) is 25.2 Å². The second-order valence-electron chi connectivity index (χ2n) is 5.37. The molecule has 0 fully saturated rings. The molecule has 0 spiro atoms. The van der Waals surface area contributed by atoms with Crippen LogP contribution in [-0.4, -0.2) is 28.0 Å². The third kappa shape index (κ3) is 5.42. The number of rotatable bonds is 7. The summed E-state index contributed by atoms with van der Waals surface area (Å²) in [7, 11) is 0. The molecule has 1 aromatic heterocycles. The number of hydrogen-bond donors (Lipinski definition) is 2. The minimum absolute atomic E-state index is 0.134. The Labute approximate surface area is 145 Å². The van der Waals surface area contributed by atoms with Crippen LogP contribution >= 0.6 is 11.8 Å². The fourth-order valence-corrected chi connectivity index (χ4v) is 2.68. The van der Waals surface area contributed by atoms with Crippen molar-refractivity contribution in [3.63, 3.8) is 0 Å². The summed E-state index contributed by atoms with van der Waals surface area (Å²) in [5, 5.41) is 8.83. The summed E-state index contributed by atoms with van der Waals surface area (Å²) in [4.78, 5) is 24.0. The first-order valence-corrected chi connectivity index (χ1v) is 8.77. The van der Waals surface area contributed by atoms with E-state index in [1.807, 2.05) is 24.3 Å². The topological polar surface area (TPSA) is 84.2 Å². The molecule has 2 amide bonds. The third-order valence-electron chi connectivity index (χ3n) is 3.33. The van der Waals surface area contributed by atoms with Crippen LogP contribution in [0.3, 0.4) is 0 Å². The van der Waals surface area contributed by atoms with Crippen molar-refractivity contribution in [1.82, 2.24) is 5.16 Å². The summed E-state index contributed by atoms with van der Waals surface area (Å²) < 4.78 is 4.89. The lowest BCUT2D eigenvalue weighted by Crippen LogP contribution is -2.25. The van der Waals surface area contributed by atoms with Gasteiger partial charge in [0.15, 0.2) is 5.82 Å². The number of thioether (sulfide) groups is 1. The quantitative estimate of drug-likeness (QED) is 0.803. The number of nitrogens with one attached hydrogen (secondary N) is 2. The maximum absolute atomic E-state index is 12.0. The normalized spacial score (nSPS) is 11.8. The van der Waals surface area contributed by atoms with Gasteiger partial charge in [-0.05, 0) is 38.0 Å². The Kier molecular flexibility index (Phi) is 6.43. The lowest BCUT2D eigenvalue weighted by atomic mass is 10.1. The standard InChI is InChI=1S/C17H21N3O3S/c1-4-13-6-5-7-14(9-13)18-16(21)10-24-12(3)17(22)19-15-8-11(2)23-20-15/h5-9,12H,4,10H2,1-3H3,(H,18,21)(H,19,20,22). The van der Waals surface area contributed by atoms with Crippen LogP contribution in [-0.2, 0) is 16.0 Å². The van der Waals surface area contributed by atoms with Crippen molar-refractivity contribution in [2.45, 2.75) is 32.4 Å². The Morgan fingerprint density at radius 3 is 2.75 bits per heavy atom. The molecule has 0 aliphatic rings. The van der Waals surface area contributed by atoms with E-state index >= 15 is 0 Å². The monoisotopic (exact) mass is 347 g/mol. The molecule has 0 saturated heterocycles. The van der Waals surface area contributed by atoms with E-state index in [1.54, 1.807) is 19.9 Å². The highest BCUT2D eigenvalue weighted by Gasteiger charge is 2.16. The molecule has 2 N–H and O–H groups in total. The van der Waals surface area contributed by atoms with E-state index in [0.29, 0.717) is 11.6 Å². The van der Waals surface area contributed by atoms with Crippen molar-refractivity contribution in [2.75, 3.05) is 16.4 Å². The Balaban J connectivity index is 1.78. The van der Waals surface area contributed by atoms with Gasteiger partial charge in [0.1, 0.15) is 5.76 Å². The first kappa shape index (κ1) is 18.1. The van der Waals surface area contributed by atoms with Crippen LogP contribution in [0.4, 0.5) is 11.5 Å². The number of carbonyl (C=O) groups excluding carboxylic acids is 2. The van der Waals surface area contributed by atoms with E-state index in [4.69, 9.17) is 4.52 Å². The molecule has 1 heterocycles. The minimum Gasteiger partial charge on any atom is -0.360 e. The number of anilines is 2. The smallest absolute Gasteiger partial charge is 0.238 e. The number of carbonyl (C=O) groups is 2. The summed E-state index contributed by atoms with van der Waals surface area (Å²) in [6, 6.07) is 9.37. The van der Waals surface area contributed by atoms with Crippen LogP contribution in [0.5, 0.6) is 0 Å². The number of aromatic nitrogens is 1. The maximum atomic E-state index is 12.0. The van der Waals surface area contributed by atoms with E-state index < -0.39 is 0 Å². The van der Waals surface area contributed by atoms with Crippen molar-refractivity contribution >= 4 is 35.1 Å². The molecule has 24 heavy (non-hydrogen) atoms. The Hall–Kier alpha value is -2.28. The van der Waals surface area contributed by atoms with Crippen molar-refractivity contribution < 1.29 is 14.1 Å². The minimum atomic E-state index is -0.380. The van der Waals surface area contributed by atoms with Crippen LogP contribution in [0, 0.1) is 6.92 Å². The van der Waals surface area contributed by atoms with Crippen molar-refractivity contribution in [2.24, 2.45) is 0 Å². The average Bonchev–Trinajstić information content (AvgIpc) is 2.97. The molecular formula is C17H21N3O3S. The molecule has 0 aliphatic heterocycles. The zero-order valence-electron chi connectivity index (χ0n) is 14.0. The SMILES string of the molecule is CCc1cccc(NC(=O)CSC(C)C(=O)Nc2cc(C)on2)c1. The van der Waals surface area contributed by atoms with Crippen LogP contribution in [0.2, 0.25) is 0 Å². The van der Waals surface area contributed by atoms with E-state index in [0.717, 1.165) is 17.7 Å². The lowest BCUT2D eigenvalue weighted by molar-refractivity contribution is -0.115. The van der Waals surface area contributed by atoms with Crippen LogP contribution < -0.4 is 10.6 Å². The number of aryl methyl sites for hydroxylation is 2. The largest absolute Gasteiger partial charge is 0.360 e. The van der Waals surface area contributed by atoms with Gasteiger partial charge in [0.05, 0.1) is 11.0 Å². The van der Waals surface area contributed by atoms with Gasteiger partial charge in [0, 0.05) is 11.8 Å². The molecule has 6 nitrogen and oxygen atoms in total. The molecule has 2 aromatic rings. The van der Waals surface area contributed by atoms with Crippen LogP contribution in [0.15, 0.2) is 34.9 Å². The molecule has 0 aliphatic carbocycles. The average molecular weight is 347 g/mol. The first-order valence-electron chi connectivity index (χ1n) is 7.72. The summed E-state index contributed by atoms with van der Waals surface area (Å²) >= 11 is 1.27. The van der Waals surface area contributed by atoms with E-state index in [-0.39, 0.29) is 22.8 Å². The first-order chi connectivity index (χ1) is 11.5. The predicted octanol–water partition coefficient (Wildman–Crippen LogP) is 3.24. The maximum Gasteiger partial charge on any atom is 0.238 e. The molecule has 1 atom stereocenters. The number of amides is 2. The van der Waals surface area contributed by atoms with Crippen LogP contribution in [0.25, 0.3) is 0 Å². The van der Waals surface area contributed by atoms with Gasteiger partial charge < -0.3 is 15.2 Å². The molecule has 1 aromatic carbocycles. The van der Waals surface area contributed by atoms with Gasteiger partial charge in [0.2, 0.25) is 11.8 Å². The van der Waals surface area contributed by atoms with E-state index in [1.165, 1.54) is 11.8 Å². The molecular weight excluding hydrogens is 326 g/mol. The molecule has 1 unspecified atom stereocenters. The molecule has 0 radical (unpaired) electrons. The van der Waals surface area contributed by atoms with Crippen molar-refractivity contribution in [3.05, 3.63) is 41.7 Å². The third-order valence-corrected chi connectivity index (χ3v) is 4.47. The summed E-state index contributed by atoms with van der Waals surface area (Å²) in [6.45, 7) is 5.56. The summed E-state index contributed by atoms with van der Waals surface area (Å²) in [5.74, 6) is 0.854. The highest BCUT2D eigenvalue weighted by molar-refractivity contribution is 8.01. The zero-order chi connectivity index (χ0) is 17.5. The number of benzene rings is 1. The molecule has 0 saturated carbocycles. The molecule has 128 valence electrons. The number of hydrogen-bond acceptors (Lipinski definition) is 5. The highest BCUT2D eigenvalue weighted by atomic mass is 32.2. The Morgan fingerprint density at radius 1 is 1.29 bits per heavy atom. The van der Waals surface area contributed by atoms with Gasteiger partial charge in [-0.15, -0.1) is 11.8 Å². The van der Waals surface area contributed by atoms with Gasteiger partial charge in [0.25, 0.3) is 0 Å². The molecule has 0 bridgehead atoms. The Bertz CT molecular complexity index is 715. The predicted molar refractivity (Wildman–Crippen MR) is 96.2 cm³/mol. The summed E-state index contributed by atoms with van der Waals surface area (Å²) in [6.07, 6.45) is 0.914. The second-order valence-corrected chi connectivity index (χ2v) is 6.70. The highest BCUT2D eigenvalue weighted by Crippen LogP contribution is 2.16. The molecule has 2 rings (SSSR count). The number of nitrogens with zero attached hydrogens (tertiary/aromatic N) is 1. The fraction of sp³-hybridized carbons (Fsp3) is 0.353. The Morgan fingerprint density at radius 2 is 2.08 bits per heavy atom.